The third kappa shape index (κ3) is 4.35. The molecule has 1 atom stereocenters. The van der Waals surface area contributed by atoms with E-state index in [1.807, 2.05) is 24.0 Å². The minimum Gasteiger partial charge on any atom is -0.369 e. The Balaban J connectivity index is 1.36. The van der Waals surface area contributed by atoms with Crippen molar-refractivity contribution < 1.29 is 9.59 Å². The van der Waals surface area contributed by atoms with Gasteiger partial charge in [0.05, 0.1) is 6.04 Å². The minimum atomic E-state index is -0.236. The van der Waals surface area contributed by atoms with Crippen LogP contribution in [0.25, 0.3) is 0 Å². The Labute approximate surface area is 160 Å². The monoisotopic (exact) mass is 371 g/mol. The number of aryl methyl sites for hydroxylation is 1. The summed E-state index contributed by atoms with van der Waals surface area (Å²) in [4.78, 5) is 31.1. The summed E-state index contributed by atoms with van der Waals surface area (Å²) in [6.07, 6.45) is 2.61. The highest BCUT2D eigenvalue weighted by Gasteiger charge is 2.39. The van der Waals surface area contributed by atoms with Gasteiger partial charge in [0.2, 0.25) is 5.91 Å². The van der Waals surface area contributed by atoms with Gasteiger partial charge in [0, 0.05) is 56.6 Å². The number of hydrogen-bond acceptors (Lipinski definition) is 4. The van der Waals surface area contributed by atoms with Crippen molar-refractivity contribution in [1.82, 2.24) is 15.1 Å². The summed E-state index contributed by atoms with van der Waals surface area (Å²) in [6.45, 7) is 6.76. The van der Waals surface area contributed by atoms with Crippen LogP contribution in [0.3, 0.4) is 0 Å². The first-order valence-electron chi connectivity index (χ1n) is 9.90. The lowest BCUT2D eigenvalue weighted by Gasteiger charge is -2.34. The molecule has 1 saturated carbocycles. The zero-order valence-corrected chi connectivity index (χ0v) is 16.2. The Bertz CT molecular complexity index is 725. The molecule has 7 nitrogen and oxygen atoms in total. The maximum absolute atomic E-state index is 12.4. The molecule has 2 saturated heterocycles. The molecule has 0 spiro atoms. The number of carbonyl (C=O) groups excluding carboxylic acids is 2. The van der Waals surface area contributed by atoms with Crippen LogP contribution in [0.15, 0.2) is 18.2 Å². The number of piperazine rings is 1. The van der Waals surface area contributed by atoms with E-state index in [9.17, 15) is 9.59 Å². The number of nitrogens with zero attached hydrogens (tertiary/aromatic N) is 3. The summed E-state index contributed by atoms with van der Waals surface area (Å²) in [5.41, 5.74) is 3.07. The standard InChI is InChI=1S/C20H29N5O2/c1-14-9-15(11-18(10-14)24-7-5-23(2)6-8-24)21-20(27)22-16-12-19(26)25(13-16)17-3-4-17/h9-11,16-17H,3-8,12-13H2,1-2H3,(H2,21,22,27)/t16-/m0/s1. The van der Waals surface area contributed by atoms with Gasteiger partial charge in [0.15, 0.2) is 0 Å². The number of likely N-dealkylation sites (N-methyl/N-ethyl adjacent to an activating group) is 1. The molecule has 2 N–H and O–H groups in total. The number of likely N-dealkylation sites (tertiary alicyclic amines) is 1. The van der Waals surface area contributed by atoms with Gasteiger partial charge in [-0.25, -0.2) is 4.79 Å². The summed E-state index contributed by atoms with van der Waals surface area (Å²) in [6, 6.07) is 6.26. The Morgan fingerprint density at radius 3 is 2.56 bits per heavy atom. The van der Waals surface area contributed by atoms with Gasteiger partial charge in [-0.15, -0.1) is 0 Å². The first-order chi connectivity index (χ1) is 13.0. The van der Waals surface area contributed by atoms with Crippen molar-refractivity contribution in [3.63, 3.8) is 0 Å². The zero-order valence-electron chi connectivity index (χ0n) is 16.2. The van der Waals surface area contributed by atoms with Crippen molar-refractivity contribution in [3.8, 4) is 0 Å². The zero-order chi connectivity index (χ0) is 19.0. The molecule has 0 unspecified atom stereocenters. The van der Waals surface area contributed by atoms with Crippen molar-refractivity contribution in [2.75, 3.05) is 50.0 Å². The Hall–Kier alpha value is -2.28. The largest absolute Gasteiger partial charge is 0.369 e. The molecule has 4 rings (SSSR count). The van der Waals surface area contributed by atoms with Crippen LogP contribution in [-0.4, -0.2) is 73.6 Å². The van der Waals surface area contributed by atoms with Gasteiger partial charge in [-0.05, 0) is 50.6 Å². The molecule has 1 aromatic carbocycles. The SMILES string of the molecule is Cc1cc(NC(=O)N[C@H]2CC(=O)N(C3CC3)C2)cc(N2CCN(C)CC2)c1. The van der Waals surface area contributed by atoms with Crippen molar-refractivity contribution in [1.29, 1.82) is 0 Å². The van der Waals surface area contributed by atoms with Crippen LogP contribution in [0.5, 0.6) is 0 Å². The van der Waals surface area contributed by atoms with E-state index in [0.717, 1.165) is 56.0 Å². The fraction of sp³-hybridized carbons (Fsp3) is 0.600. The van der Waals surface area contributed by atoms with E-state index in [1.54, 1.807) is 0 Å². The smallest absolute Gasteiger partial charge is 0.319 e. The lowest BCUT2D eigenvalue weighted by Crippen LogP contribution is -2.44. The summed E-state index contributed by atoms with van der Waals surface area (Å²) in [7, 11) is 2.14. The van der Waals surface area contributed by atoms with E-state index in [2.05, 4.69) is 33.5 Å². The molecule has 0 bridgehead atoms. The molecule has 0 radical (unpaired) electrons. The first kappa shape index (κ1) is 18.1. The maximum atomic E-state index is 12.4. The molecule has 1 aromatic rings. The highest BCUT2D eigenvalue weighted by atomic mass is 16.2. The Morgan fingerprint density at radius 2 is 1.85 bits per heavy atom. The van der Waals surface area contributed by atoms with E-state index < -0.39 is 0 Å². The second kappa shape index (κ2) is 7.38. The number of anilines is 2. The van der Waals surface area contributed by atoms with Gasteiger partial charge in [-0.3, -0.25) is 4.79 Å². The highest BCUT2D eigenvalue weighted by molar-refractivity contribution is 5.91. The number of hydrogen-bond donors (Lipinski definition) is 2. The third-order valence-corrected chi connectivity index (χ3v) is 5.67. The summed E-state index contributed by atoms with van der Waals surface area (Å²) in [5.74, 6) is 0.163. The quantitative estimate of drug-likeness (QED) is 0.844. The topological polar surface area (TPSA) is 67.9 Å². The van der Waals surface area contributed by atoms with Gasteiger partial charge in [0.1, 0.15) is 0 Å². The lowest BCUT2D eigenvalue weighted by molar-refractivity contribution is -0.128. The van der Waals surface area contributed by atoms with E-state index >= 15 is 0 Å². The summed E-state index contributed by atoms with van der Waals surface area (Å²) < 4.78 is 0. The van der Waals surface area contributed by atoms with Crippen LogP contribution >= 0.6 is 0 Å². The summed E-state index contributed by atoms with van der Waals surface area (Å²) >= 11 is 0. The average molecular weight is 371 g/mol. The fourth-order valence-corrected chi connectivity index (χ4v) is 4.00. The third-order valence-electron chi connectivity index (χ3n) is 5.67. The summed E-state index contributed by atoms with van der Waals surface area (Å²) in [5, 5.41) is 5.92. The minimum absolute atomic E-state index is 0.0972. The molecular weight excluding hydrogens is 342 g/mol. The highest BCUT2D eigenvalue weighted by Crippen LogP contribution is 2.30. The molecule has 3 amide bonds. The fourth-order valence-electron chi connectivity index (χ4n) is 4.00. The van der Waals surface area contributed by atoms with Crippen LogP contribution in [0, 0.1) is 6.92 Å². The molecule has 2 heterocycles. The second-order valence-electron chi connectivity index (χ2n) is 8.12. The number of urea groups is 1. The normalized spacial score (nSPS) is 23.6. The van der Waals surface area contributed by atoms with Crippen LogP contribution in [0.2, 0.25) is 0 Å². The molecule has 3 aliphatic rings. The molecule has 7 heteroatoms. The molecule has 0 aromatic heterocycles. The van der Waals surface area contributed by atoms with E-state index in [0.29, 0.717) is 19.0 Å². The lowest BCUT2D eigenvalue weighted by atomic mass is 10.1. The van der Waals surface area contributed by atoms with Crippen molar-refractivity contribution in [2.45, 2.75) is 38.3 Å². The number of carbonyl (C=O) groups is 2. The molecule has 3 fully saturated rings. The number of amides is 3. The van der Waals surface area contributed by atoms with Crippen LogP contribution in [-0.2, 0) is 4.79 Å². The van der Waals surface area contributed by atoms with E-state index in [-0.39, 0.29) is 18.0 Å². The van der Waals surface area contributed by atoms with Gasteiger partial charge >= 0.3 is 6.03 Å². The molecule has 1 aliphatic carbocycles. The van der Waals surface area contributed by atoms with Gasteiger partial charge < -0.3 is 25.3 Å². The van der Waals surface area contributed by atoms with Gasteiger partial charge in [-0.1, -0.05) is 0 Å². The van der Waals surface area contributed by atoms with E-state index in [1.165, 1.54) is 0 Å². The molecule has 146 valence electrons. The first-order valence-corrected chi connectivity index (χ1v) is 9.90. The predicted octanol–water partition coefficient (Wildman–Crippen LogP) is 1.63. The van der Waals surface area contributed by atoms with Crippen molar-refractivity contribution in [2.24, 2.45) is 0 Å². The number of benzene rings is 1. The van der Waals surface area contributed by atoms with Crippen LogP contribution < -0.4 is 15.5 Å². The van der Waals surface area contributed by atoms with Crippen molar-refractivity contribution >= 4 is 23.3 Å². The Morgan fingerprint density at radius 1 is 1.11 bits per heavy atom. The molecule has 27 heavy (non-hydrogen) atoms. The average Bonchev–Trinajstić information content (AvgIpc) is 3.38. The van der Waals surface area contributed by atoms with Crippen LogP contribution in [0.4, 0.5) is 16.2 Å². The Kier molecular flexibility index (Phi) is 4.95. The number of nitrogens with one attached hydrogen (secondary N) is 2. The predicted molar refractivity (Wildman–Crippen MR) is 106 cm³/mol. The van der Waals surface area contributed by atoms with Gasteiger partial charge in [-0.2, -0.15) is 0 Å². The van der Waals surface area contributed by atoms with Crippen LogP contribution in [0.1, 0.15) is 24.8 Å². The molecular formula is C20H29N5O2. The van der Waals surface area contributed by atoms with Crippen molar-refractivity contribution in [3.05, 3.63) is 23.8 Å². The van der Waals surface area contributed by atoms with Gasteiger partial charge in [0.25, 0.3) is 0 Å². The molecule has 2 aliphatic heterocycles. The second-order valence-corrected chi connectivity index (χ2v) is 8.12. The number of rotatable bonds is 4. The van der Waals surface area contributed by atoms with E-state index in [4.69, 9.17) is 0 Å². The maximum Gasteiger partial charge on any atom is 0.319 e.